The summed E-state index contributed by atoms with van der Waals surface area (Å²) in [6.07, 6.45) is 0. The van der Waals surface area contributed by atoms with E-state index in [2.05, 4.69) is 20.8 Å². The lowest BCUT2D eigenvalue weighted by molar-refractivity contribution is -0.113. The molecule has 0 aliphatic carbocycles. The van der Waals surface area contributed by atoms with Crippen molar-refractivity contribution in [3.05, 3.63) is 101 Å². The number of aromatic nitrogens is 2. The zero-order valence-corrected chi connectivity index (χ0v) is 20.7. The molecule has 35 heavy (non-hydrogen) atoms. The van der Waals surface area contributed by atoms with Crippen molar-refractivity contribution in [1.29, 1.82) is 0 Å². The highest BCUT2D eigenvalue weighted by Gasteiger charge is 2.14. The molecule has 7 nitrogen and oxygen atoms in total. The molecule has 0 unspecified atom stereocenters. The monoisotopic (exact) mass is 502 g/mol. The Morgan fingerprint density at radius 2 is 1.43 bits per heavy atom. The third kappa shape index (κ3) is 6.62. The molecule has 0 spiro atoms. The average Bonchev–Trinajstić information content (AvgIpc) is 3.29. The van der Waals surface area contributed by atoms with Crippen LogP contribution in [0.1, 0.15) is 37.4 Å². The summed E-state index contributed by atoms with van der Waals surface area (Å²) in [4.78, 5) is 37.4. The normalized spacial score (nSPS) is 10.6. The lowest BCUT2D eigenvalue weighted by Gasteiger charge is -2.06. The van der Waals surface area contributed by atoms with E-state index in [9.17, 15) is 14.4 Å². The predicted octanol–water partition coefficient (Wildman–Crippen LogP) is 5.37. The summed E-state index contributed by atoms with van der Waals surface area (Å²) >= 11 is 2.44. The van der Waals surface area contributed by atoms with E-state index in [0.29, 0.717) is 26.2 Å². The maximum absolute atomic E-state index is 12.6. The van der Waals surface area contributed by atoms with Crippen LogP contribution in [0.4, 0.5) is 10.8 Å². The van der Waals surface area contributed by atoms with E-state index in [-0.39, 0.29) is 23.4 Å². The van der Waals surface area contributed by atoms with Crippen molar-refractivity contribution in [3.63, 3.8) is 0 Å². The number of hydrogen-bond donors (Lipinski definition) is 2. The Bertz CT molecular complexity index is 1350. The highest BCUT2D eigenvalue weighted by atomic mass is 32.2. The SMILES string of the molecule is Cc1cc(C)cc(NC(=O)CSc2nnc(NC(=O)c3ccc(C(=O)c4ccccc4)cc3)s2)c1. The van der Waals surface area contributed by atoms with Gasteiger partial charge in [0.05, 0.1) is 5.75 Å². The van der Waals surface area contributed by atoms with Crippen LogP contribution in [0.3, 0.4) is 0 Å². The number of hydrogen-bond acceptors (Lipinski definition) is 7. The van der Waals surface area contributed by atoms with Gasteiger partial charge in [0.2, 0.25) is 11.0 Å². The maximum Gasteiger partial charge on any atom is 0.257 e. The standard InChI is InChI=1S/C26H22N4O3S2/c1-16-12-17(2)14-21(13-16)27-22(31)15-34-26-30-29-25(35-26)28-24(33)20-10-8-19(9-11-20)23(32)18-6-4-3-5-7-18/h3-14H,15H2,1-2H3,(H,27,31)(H,28,29,33). The molecule has 1 heterocycles. The second-order valence-corrected chi connectivity index (χ2v) is 10.0. The number of carbonyl (C=O) groups excluding carboxylic acids is 3. The van der Waals surface area contributed by atoms with Crippen molar-refractivity contribution in [3.8, 4) is 0 Å². The van der Waals surface area contributed by atoms with Gasteiger partial charge in [-0.3, -0.25) is 19.7 Å². The van der Waals surface area contributed by atoms with Crippen molar-refractivity contribution < 1.29 is 14.4 Å². The summed E-state index contributed by atoms with van der Waals surface area (Å²) in [7, 11) is 0. The van der Waals surface area contributed by atoms with Crippen molar-refractivity contribution in [2.75, 3.05) is 16.4 Å². The van der Waals surface area contributed by atoms with Gasteiger partial charge in [-0.15, -0.1) is 10.2 Å². The lowest BCUT2D eigenvalue weighted by Crippen LogP contribution is -2.14. The smallest absolute Gasteiger partial charge is 0.257 e. The molecule has 4 rings (SSSR count). The number of carbonyl (C=O) groups is 3. The summed E-state index contributed by atoms with van der Waals surface area (Å²) in [5, 5.41) is 13.9. The number of amides is 2. The summed E-state index contributed by atoms with van der Waals surface area (Å²) in [6.45, 7) is 3.96. The van der Waals surface area contributed by atoms with Gasteiger partial charge in [0.25, 0.3) is 5.91 Å². The second kappa shape index (κ2) is 11.1. The molecule has 0 saturated carbocycles. The fourth-order valence-electron chi connectivity index (χ4n) is 3.39. The van der Waals surface area contributed by atoms with Crippen LogP contribution in [-0.4, -0.2) is 33.5 Å². The van der Waals surface area contributed by atoms with Gasteiger partial charge in [-0.1, -0.05) is 71.6 Å². The van der Waals surface area contributed by atoms with Crippen molar-refractivity contribution >= 4 is 51.5 Å². The van der Waals surface area contributed by atoms with E-state index in [1.165, 1.54) is 23.1 Å². The molecule has 0 aliphatic rings. The van der Waals surface area contributed by atoms with E-state index in [1.807, 2.05) is 38.1 Å². The van der Waals surface area contributed by atoms with Crippen LogP contribution in [0.15, 0.2) is 77.1 Å². The minimum Gasteiger partial charge on any atom is -0.325 e. The molecule has 3 aromatic carbocycles. The Balaban J connectivity index is 1.30. The zero-order chi connectivity index (χ0) is 24.8. The number of anilines is 2. The van der Waals surface area contributed by atoms with Crippen LogP contribution in [0.2, 0.25) is 0 Å². The van der Waals surface area contributed by atoms with Gasteiger partial charge in [0.1, 0.15) is 0 Å². The first kappa shape index (κ1) is 24.3. The highest BCUT2D eigenvalue weighted by molar-refractivity contribution is 8.01. The summed E-state index contributed by atoms with van der Waals surface area (Å²) < 4.78 is 0.569. The van der Waals surface area contributed by atoms with Crippen LogP contribution in [0.25, 0.3) is 0 Å². The summed E-state index contributed by atoms with van der Waals surface area (Å²) in [6, 6.07) is 21.3. The minimum atomic E-state index is -0.357. The van der Waals surface area contributed by atoms with E-state index in [0.717, 1.165) is 16.8 Å². The Kier molecular flexibility index (Phi) is 7.69. The van der Waals surface area contributed by atoms with Crippen molar-refractivity contribution in [1.82, 2.24) is 10.2 Å². The lowest BCUT2D eigenvalue weighted by atomic mass is 10.0. The van der Waals surface area contributed by atoms with Crippen molar-refractivity contribution in [2.45, 2.75) is 18.2 Å². The third-order valence-corrected chi connectivity index (χ3v) is 6.88. The van der Waals surface area contributed by atoms with Crippen LogP contribution < -0.4 is 10.6 Å². The quantitative estimate of drug-likeness (QED) is 0.191. The molecule has 0 bridgehead atoms. The Labute approximate surface area is 211 Å². The van der Waals surface area contributed by atoms with Gasteiger partial charge in [-0.2, -0.15) is 0 Å². The molecule has 0 saturated heterocycles. The second-order valence-electron chi connectivity index (χ2n) is 7.81. The van der Waals surface area contributed by atoms with Crippen molar-refractivity contribution in [2.24, 2.45) is 0 Å². The molecule has 0 radical (unpaired) electrons. The van der Waals surface area contributed by atoms with Crippen LogP contribution in [-0.2, 0) is 4.79 Å². The largest absolute Gasteiger partial charge is 0.325 e. The van der Waals surface area contributed by atoms with E-state index < -0.39 is 0 Å². The zero-order valence-electron chi connectivity index (χ0n) is 19.1. The van der Waals surface area contributed by atoms with E-state index in [1.54, 1.807) is 48.5 Å². The summed E-state index contributed by atoms with van der Waals surface area (Å²) in [5.74, 6) is -0.438. The van der Waals surface area contributed by atoms with E-state index >= 15 is 0 Å². The van der Waals surface area contributed by atoms with E-state index in [4.69, 9.17) is 0 Å². The fourth-order valence-corrected chi connectivity index (χ4v) is 4.94. The first-order valence-corrected chi connectivity index (χ1v) is 12.5. The minimum absolute atomic E-state index is 0.107. The summed E-state index contributed by atoms with van der Waals surface area (Å²) in [5.41, 5.74) is 4.40. The maximum atomic E-state index is 12.6. The van der Waals surface area contributed by atoms with Crippen LogP contribution >= 0.6 is 23.1 Å². The molecule has 0 atom stereocenters. The van der Waals surface area contributed by atoms with Gasteiger partial charge in [0, 0.05) is 22.4 Å². The number of thioether (sulfide) groups is 1. The van der Waals surface area contributed by atoms with Crippen LogP contribution in [0, 0.1) is 13.8 Å². The number of ketones is 1. The van der Waals surface area contributed by atoms with Gasteiger partial charge < -0.3 is 5.32 Å². The molecule has 9 heteroatoms. The molecule has 4 aromatic rings. The fraction of sp³-hybridized carbons (Fsp3) is 0.115. The number of nitrogens with zero attached hydrogens (tertiary/aromatic N) is 2. The Morgan fingerprint density at radius 3 is 2.11 bits per heavy atom. The average molecular weight is 503 g/mol. The molecular weight excluding hydrogens is 480 g/mol. The molecule has 0 fully saturated rings. The Hall–Kier alpha value is -3.82. The first-order valence-electron chi connectivity index (χ1n) is 10.7. The number of benzene rings is 3. The third-order valence-electron chi connectivity index (χ3n) is 4.90. The topological polar surface area (TPSA) is 101 Å². The van der Waals surface area contributed by atoms with Gasteiger partial charge >= 0.3 is 0 Å². The highest BCUT2D eigenvalue weighted by Crippen LogP contribution is 2.26. The van der Waals surface area contributed by atoms with Gasteiger partial charge in [-0.25, -0.2) is 0 Å². The number of aryl methyl sites for hydroxylation is 2. The predicted molar refractivity (Wildman–Crippen MR) is 139 cm³/mol. The molecular formula is C26H22N4O3S2. The van der Waals surface area contributed by atoms with Gasteiger partial charge in [-0.05, 0) is 49.2 Å². The van der Waals surface area contributed by atoms with Gasteiger partial charge in [0.15, 0.2) is 10.1 Å². The molecule has 176 valence electrons. The molecule has 1 aromatic heterocycles. The molecule has 2 N–H and O–H groups in total. The Morgan fingerprint density at radius 1 is 0.800 bits per heavy atom. The number of nitrogens with one attached hydrogen (secondary N) is 2. The first-order chi connectivity index (χ1) is 16.9. The molecule has 2 amide bonds. The number of rotatable bonds is 8. The molecule has 0 aliphatic heterocycles. The van der Waals surface area contributed by atoms with Crippen LogP contribution in [0.5, 0.6) is 0 Å².